The van der Waals surface area contributed by atoms with E-state index in [0.717, 1.165) is 38.2 Å². The van der Waals surface area contributed by atoms with Crippen LogP contribution in [-0.2, 0) is 11.3 Å². The first-order chi connectivity index (χ1) is 14.5. The second kappa shape index (κ2) is 8.50. The van der Waals surface area contributed by atoms with Crippen molar-refractivity contribution >= 4 is 11.8 Å². The molecule has 1 N–H and O–H groups in total. The first-order valence-electron chi connectivity index (χ1n) is 10.4. The number of nitrogens with zero attached hydrogens (tertiary/aromatic N) is 2. The summed E-state index contributed by atoms with van der Waals surface area (Å²) < 4.78 is 26.9. The van der Waals surface area contributed by atoms with E-state index in [4.69, 9.17) is 0 Å². The van der Waals surface area contributed by atoms with Crippen molar-refractivity contribution in [2.75, 3.05) is 13.1 Å². The lowest BCUT2D eigenvalue weighted by atomic mass is 9.67. The van der Waals surface area contributed by atoms with E-state index in [1.54, 1.807) is 29.4 Å². The maximum atomic E-state index is 13.4. The highest BCUT2D eigenvalue weighted by Gasteiger charge is 2.51. The van der Waals surface area contributed by atoms with E-state index in [0.29, 0.717) is 24.2 Å². The largest absolute Gasteiger partial charge is 0.352 e. The summed E-state index contributed by atoms with van der Waals surface area (Å²) >= 11 is 0. The Morgan fingerprint density at radius 2 is 1.73 bits per heavy atom. The van der Waals surface area contributed by atoms with Crippen LogP contribution >= 0.6 is 0 Å². The molecule has 0 bridgehead atoms. The fourth-order valence-electron chi connectivity index (χ4n) is 4.95. The fourth-order valence-corrected chi connectivity index (χ4v) is 4.95. The summed E-state index contributed by atoms with van der Waals surface area (Å²) in [5, 5.41) is 2.85. The molecule has 1 atom stereocenters. The summed E-state index contributed by atoms with van der Waals surface area (Å²) in [6.45, 7) is 0.962. The van der Waals surface area contributed by atoms with Gasteiger partial charge < -0.3 is 10.2 Å². The van der Waals surface area contributed by atoms with Crippen LogP contribution in [0.2, 0.25) is 0 Å². The van der Waals surface area contributed by atoms with Crippen LogP contribution in [0.4, 0.5) is 8.78 Å². The standard InChI is InChI=1S/C23H25F2N3O2/c24-18-10-16(11-19(25)12-18)13-27-21(29)20-14-28(15-23(20)6-2-1-3-7-23)22(30)17-4-8-26-9-5-17/h4-5,8-12,20H,1-3,6-7,13-15H2,(H,27,29)/t20-/m0/s1. The van der Waals surface area contributed by atoms with Gasteiger partial charge in [0.25, 0.3) is 5.91 Å². The fraction of sp³-hybridized carbons (Fsp3) is 0.435. The predicted octanol–water partition coefficient (Wildman–Crippen LogP) is 3.70. The van der Waals surface area contributed by atoms with Crippen molar-refractivity contribution in [3.63, 3.8) is 0 Å². The molecule has 1 aromatic carbocycles. The second-order valence-electron chi connectivity index (χ2n) is 8.39. The lowest BCUT2D eigenvalue weighted by Crippen LogP contribution is -2.42. The number of aromatic nitrogens is 1. The van der Waals surface area contributed by atoms with Gasteiger partial charge in [0.1, 0.15) is 11.6 Å². The molecule has 5 nitrogen and oxygen atoms in total. The average molecular weight is 413 g/mol. The van der Waals surface area contributed by atoms with Crippen molar-refractivity contribution in [1.29, 1.82) is 0 Å². The number of halogens is 2. The van der Waals surface area contributed by atoms with Crippen LogP contribution in [0, 0.1) is 23.0 Å². The molecule has 2 fully saturated rings. The Kier molecular flexibility index (Phi) is 5.79. The summed E-state index contributed by atoms with van der Waals surface area (Å²) in [5.74, 6) is -1.92. The smallest absolute Gasteiger partial charge is 0.254 e. The molecule has 2 aromatic rings. The Balaban J connectivity index is 1.50. The van der Waals surface area contributed by atoms with Crippen molar-refractivity contribution in [3.8, 4) is 0 Å². The van der Waals surface area contributed by atoms with Crippen molar-refractivity contribution < 1.29 is 18.4 Å². The summed E-state index contributed by atoms with van der Waals surface area (Å²) in [7, 11) is 0. The van der Waals surface area contributed by atoms with Crippen LogP contribution < -0.4 is 5.32 Å². The molecule has 2 aliphatic rings. The number of likely N-dealkylation sites (tertiary alicyclic amines) is 1. The number of pyridine rings is 1. The Morgan fingerprint density at radius 1 is 1.07 bits per heavy atom. The van der Waals surface area contributed by atoms with Gasteiger partial charge in [-0.25, -0.2) is 8.78 Å². The Labute approximate surface area is 174 Å². The molecule has 0 unspecified atom stereocenters. The van der Waals surface area contributed by atoms with Crippen molar-refractivity contribution in [2.24, 2.45) is 11.3 Å². The molecular weight excluding hydrogens is 388 g/mol. The van der Waals surface area contributed by atoms with Crippen molar-refractivity contribution in [2.45, 2.75) is 38.6 Å². The summed E-state index contributed by atoms with van der Waals surface area (Å²) in [6.07, 6.45) is 8.19. The van der Waals surface area contributed by atoms with Crippen LogP contribution in [0.25, 0.3) is 0 Å². The Morgan fingerprint density at radius 3 is 2.40 bits per heavy atom. The number of hydrogen-bond donors (Lipinski definition) is 1. The highest BCUT2D eigenvalue weighted by atomic mass is 19.1. The summed E-state index contributed by atoms with van der Waals surface area (Å²) in [4.78, 5) is 31.8. The van der Waals surface area contributed by atoms with E-state index in [-0.39, 0.29) is 29.7 Å². The minimum absolute atomic E-state index is 0.0540. The maximum absolute atomic E-state index is 13.4. The number of carbonyl (C=O) groups excluding carboxylic acids is 2. The van der Waals surface area contributed by atoms with E-state index in [2.05, 4.69) is 10.3 Å². The van der Waals surface area contributed by atoms with E-state index in [1.165, 1.54) is 12.1 Å². The molecule has 0 radical (unpaired) electrons. The summed E-state index contributed by atoms with van der Waals surface area (Å²) in [5.41, 5.74) is 0.701. The maximum Gasteiger partial charge on any atom is 0.254 e. The van der Waals surface area contributed by atoms with Crippen LogP contribution in [0.5, 0.6) is 0 Å². The molecule has 158 valence electrons. The van der Waals surface area contributed by atoms with Gasteiger partial charge >= 0.3 is 0 Å². The third kappa shape index (κ3) is 4.20. The average Bonchev–Trinajstić information content (AvgIpc) is 3.10. The number of amides is 2. The number of carbonyl (C=O) groups is 2. The van der Waals surface area contributed by atoms with E-state index < -0.39 is 11.6 Å². The van der Waals surface area contributed by atoms with Gasteiger partial charge in [-0.2, -0.15) is 0 Å². The topological polar surface area (TPSA) is 62.3 Å². The molecule has 30 heavy (non-hydrogen) atoms. The molecule has 1 saturated heterocycles. The Hall–Kier alpha value is -2.83. The monoisotopic (exact) mass is 413 g/mol. The van der Waals surface area contributed by atoms with Gasteiger partial charge in [-0.3, -0.25) is 14.6 Å². The Bertz CT molecular complexity index is 909. The minimum atomic E-state index is -0.669. The summed E-state index contributed by atoms with van der Waals surface area (Å²) in [6, 6.07) is 6.60. The van der Waals surface area contributed by atoms with Crippen molar-refractivity contribution in [3.05, 3.63) is 65.5 Å². The van der Waals surface area contributed by atoms with Gasteiger partial charge in [-0.05, 0) is 42.7 Å². The molecule has 7 heteroatoms. The first kappa shape index (κ1) is 20.4. The molecule has 2 heterocycles. The zero-order valence-electron chi connectivity index (χ0n) is 16.7. The van der Waals surface area contributed by atoms with E-state index >= 15 is 0 Å². The quantitative estimate of drug-likeness (QED) is 0.832. The molecule has 2 amide bonds. The third-order valence-electron chi connectivity index (χ3n) is 6.42. The number of benzene rings is 1. The van der Waals surface area contributed by atoms with Crippen LogP contribution in [0.15, 0.2) is 42.7 Å². The predicted molar refractivity (Wildman–Crippen MR) is 107 cm³/mol. The highest BCUT2D eigenvalue weighted by molar-refractivity contribution is 5.95. The molecule has 1 spiro atoms. The van der Waals surface area contributed by atoms with Gasteiger partial charge in [0.15, 0.2) is 0 Å². The van der Waals surface area contributed by atoms with Crippen LogP contribution in [0.1, 0.15) is 48.0 Å². The molecule has 1 aliphatic heterocycles. The number of rotatable bonds is 4. The third-order valence-corrected chi connectivity index (χ3v) is 6.42. The second-order valence-corrected chi connectivity index (χ2v) is 8.39. The van der Waals surface area contributed by atoms with Crippen molar-refractivity contribution in [1.82, 2.24) is 15.2 Å². The molecule has 1 aromatic heterocycles. The number of nitrogens with one attached hydrogen (secondary N) is 1. The molecule has 4 rings (SSSR count). The van der Waals surface area contributed by atoms with Gasteiger partial charge in [0.05, 0.1) is 5.92 Å². The zero-order chi connectivity index (χ0) is 21.1. The van der Waals surface area contributed by atoms with Crippen LogP contribution in [0.3, 0.4) is 0 Å². The molecule has 1 aliphatic carbocycles. The van der Waals surface area contributed by atoms with Gasteiger partial charge in [-0.1, -0.05) is 19.3 Å². The van der Waals surface area contributed by atoms with E-state index in [1.807, 2.05) is 0 Å². The minimum Gasteiger partial charge on any atom is -0.352 e. The van der Waals surface area contributed by atoms with Gasteiger partial charge in [0, 0.05) is 49.1 Å². The van der Waals surface area contributed by atoms with Gasteiger partial charge in [0.2, 0.25) is 5.91 Å². The van der Waals surface area contributed by atoms with Gasteiger partial charge in [-0.15, -0.1) is 0 Å². The van der Waals surface area contributed by atoms with E-state index in [9.17, 15) is 18.4 Å². The molecule has 1 saturated carbocycles. The number of hydrogen-bond acceptors (Lipinski definition) is 3. The zero-order valence-corrected chi connectivity index (χ0v) is 16.7. The first-order valence-corrected chi connectivity index (χ1v) is 10.4. The van der Waals surface area contributed by atoms with Crippen LogP contribution in [-0.4, -0.2) is 34.8 Å². The lowest BCUT2D eigenvalue weighted by molar-refractivity contribution is -0.128. The normalized spacial score (nSPS) is 20.3. The highest BCUT2D eigenvalue weighted by Crippen LogP contribution is 2.48. The SMILES string of the molecule is O=C(NCc1cc(F)cc(F)c1)[C@@H]1CN(C(=O)c2ccncc2)CC12CCCCC2. The molecular formula is C23H25F2N3O2. The lowest BCUT2D eigenvalue weighted by Gasteiger charge is -2.37.